The zero-order valence-electron chi connectivity index (χ0n) is 92.0. The Balaban J connectivity index is 0.000000143. The highest BCUT2D eigenvalue weighted by atomic mass is 15.3. The summed E-state index contributed by atoms with van der Waals surface area (Å²) in [4.78, 5) is 48.6. The van der Waals surface area contributed by atoms with Crippen LogP contribution >= 0.6 is 0 Å². The van der Waals surface area contributed by atoms with Gasteiger partial charge in [-0.3, -0.25) is 0 Å². The lowest BCUT2D eigenvalue weighted by Gasteiger charge is -2.44. The van der Waals surface area contributed by atoms with Crippen molar-refractivity contribution < 1.29 is 0 Å². The van der Waals surface area contributed by atoms with Crippen molar-refractivity contribution in [1.82, 2.24) is 98.4 Å². The molecule has 0 spiro atoms. The molecule has 19 heterocycles. The van der Waals surface area contributed by atoms with Gasteiger partial charge in [-0.05, 0) is 468 Å². The van der Waals surface area contributed by atoms with Gasteiger partial charge in [-0.15, -0.1) is 0 Å². The topological polar surface area (TPSA) is 73.6 Å². The van der Waals surface area contributed by atoms with Crippen LogP contribution in [0.15, 0.2) is 0 Å². The lowest BCUT2D eigenvalue weighted by Crippen LogP contribution is -2.54. The van der Waals surface area contributed by atoms with E-state index >= 15 is 0 Å². The molecule has 778 valence electrons. The minimum atomic E-state index is 0.796. The van der Waals surface area contributed by atoms with Crippen molar-refractivity contribution >= 4 is 0 Å². The largest absolute Gasteiger partial charge is 0.317 e. The number of nitrogens with one attached hydrogen (secondary N) is 1. The molecule has 20 rings (SSSR count). The molecule has 20 fully saturated rings. The van der Waals surface area contributed by atoms with E-state index in [2.05, 4.69) is 238 Å². The summed E-state index contributed by atoms with van der Waals surface area (Å²) < 4.78 is 0. The van der Waals surface area contributed by atoms with Crippen molar-refractivity contribution in [2.45, 2.75) is 242 Å². The molecular formula is C113H226N20. The molecule has 0 aromatic rings. The van der Waals surface area contributed by atoms with E-state index in [1.165, 1.54) is 468 Å². The van der Waals surface area contributed by atoms with E-state index in [1.54, 1.807) is 0 Å². The molecule has 0 bridgehead atoms. The molecule has 1 N–H and O–H groups in total. The van der Waals surface area contributed by atoms with E-state index in [-0.39, 0.29) is 0 Å². The Labute approximate surface area is 826 Å². The maximum Gasteiger partial charge on any atom is 0.00964 e. The number of rotatable bonds is 21. The lowest BCUT2D eigenvalue weighted by molar-refractivity contribution is 0.0386. The number of nitrogens with zero attached hydrogens (tertiary/aromatic N) is 19. The average Bonchev–Trinajstić information content (AvgIpc) is 1.75. The smallest absolute Gasteiger partial charge is 0.00964 e. The Bertz CT molecular complexity index is 2720. The van der Waals surface area contributed by atoms with E-state index in [0.29, 0.717) is 0 Å². The molecule has 19 saturated heterocycles. The second kappa shape index (κ2) is 60.2. The average molecular weight is 1870 g/mol. The third kappa shape index (κ3) is 43.2. The molecule has 20 aliphatic rings. The van der Waals surface area contributed by atoms with Crippen LogP contribution in [-0.4, -0.2) is 483 Å². The zero-order chi connectivity index (χ0) is 94.7. The van der Waals surface area contributed by atoms with E-state index in [0.717, 1.165) is 125 Å². The quantitative estimate of drug-likeness (QED) is 0.118. The summed E-state index contributed by atoms with van der Waals surface area (Å²) in [5, 5.41) is 3.43. The first kappa shape index (κ1) is 113. The molecule has 133 heavy (non-hydrogen) atoms. The first-order valence-electron chi connectivity index (χ1n) is 58.1. The van der Waals surface area contributed by atoms with Gasteiger partial charge in [0.1, 0.15) is 0 Å². The van der Waals surface area contributed by atoms with Gasteiger partial charge in [0.25, 0.3) is 0 Å². The second-order valence-corrected chi connectivity index (χ2v) is 51.3. The van der Waals surface area contributed by atoms with Gasteiger partial charge in [0.15, 0.2) is 0 Å². The predicted molar refractivity (Wildman–Crippen MR) is 572 cm³/mol. The highest BCUT2D eigenvalue weighted by Crippen LogP contribution is 2.33. The van der Waals surface area contributed by atoms with Gasteiger partial charge in [-0.25, -0.2) is 0 Å². The molecule has 19 aliphatic heterocycles. The minimum Gasteiger partial charge on any atom is -0.317 e. The lowest BCUT2D eigenvalue weighted by atomic mass is 9.87. The molecular weight excluding hydrogens is 1640 g/mol. The van der Waals surface area contributed by atoms with Crippen molar-refractivity contribution in [2.75, 3.05) is 378 Å². The van der Waals surface area contributed by atoms with Crippen LogP contribution in [0.25, 0.3) is 0 Å². The van der Waals surface area contributed by atoms with Gasteiger partial charge in [0.2, 0.25) is 0 Å². The summed E-state index contributed by atoms with van der Waals surface area (Å²) >= 11 is 0. The third-order valence-electron chi connectivity index (χ3n) is 36.5. The predicted octanol–water partition coefficient (Wildman–Crippen LogP) is 14.2. The van der Waals surface area contributed by atoms with Crippen LogP contribution in [0.4, 0.5) is 0 Å². The Morgan fingerprint density at radius 2 is 0.383 bits per heavy atom. The summed E-state index contributed by atoms with van der Waals surface area (Å²) in [5.74, 6) is 18.4. The van der Waals surface area contributed by atoms with Crippen LogP contribution in [0.3, 0.4) is 0 Å². The number of hydrogen-bond acceptors (Lipinski definition) is 20. The molecule has 6 atom stereocenters. The molecule has 20 heteroatoms. The van der Waals surface area contributed by atoms with Crippen LogP contribution in [0, 0.1) is 112 Å². The summed E-state index contributed by atoms with van der Waals surface area (Å²) in [5.41, 5.74) is 0. The number of hydrogen-bond donors (Lipinski definition) is 1. The Morgan fingerprint density at radius 1 is 0.173 bits per heavy atom. The maximum atomic E-state index is 3.43. The third-order valence-corrected chi connectivity index (χ3v) is 36.5. The maximum absolute atomic E-state index is 3.43. The molecule has 0 amide bonds. The Hall–Kier alpha value is -0.800. The molecule has 0 aromatic heterocycles. The molecule has 3 unspecified atom stereocenters. The van der Waals surface area contributed by atoms with Gasteiger partial charge >= 0.3 is 0 Å². The molecule has 0 aromatic carbocycles. The van der Waals surface area contributed by atoms with Crippen molar-refractivity contribution in [2.24, 2.45) is 112 Å². The van der Waals surface area contributed by atoms with Crippen LogP contribution in [0.1, 0.15) is 230 Å². The first-order valence-corrected chi connectivity index (χ1v) is 58.1. The van der Waals surface area contributed by atoms with E-state index in [9.17, 15) is 0 Å². The van der Waals surface area contributed by atoms with E-state index in [4.69, 9.17) is 0 Å². The normalized spacial score (nSPS) is 32.1. The van der Waals surface area contributed by atoms with Gasteiger partial charge in [-0.2, -0.15) is 0 Å². The summed E-state index contributed by atoms with van der Waals surface area (Å²) in [7, 11) is 22.2. The number of likely N-dealkylation sites (tertiary alicyclic amines) is 19. The van der Waals surface area contributed by atoms with Gasteiger partial charge < -0.3 is 98.4 Å². The first-order chi connectivity index (χ1) is 64.0. The zero-order valence-corrected chi connectivity index (χ0v) is 92.0. The highest BCUT2D eigenvalue weighted by molar-refractivity contribution is 4.92. The standard InChI is InChI=1S/C14H28N2.C13H26N2.2C12H24N2.3C11H22N2.2C10H20N2.C9H18N2/c1-3-12-8-10-16(11-9-12)14-6-4-13(15-2)5-7-14;1-12-3-9-15(10-4-12)11-13-5-7-14(2)8-6-13;1-11-3-7-14(8-4-11)10-12-5-6-13(2)9-12;1-11-3-8-14(9-11)10-12-4-6-13(2)7-5-12;1-10-3-6-13(7-10)9-11-4-5-12(2)8-11;1-10-7-13(8-10)9-11-3-5-12(2)6-4-11;1-10-3-5-13(6-4-10)9-11-7-12(2)8-11;1-9-5-12(6-9)8-10-3-4-11(2)7-10;1-9-3-4-12(5-9)8-10-6-11(2)7-10;1-8-3-11(4-8)7-9-5-10(2)6-9/h12-15H,3-11H2,1-2H3;12-13H,3-11H2,1-2H3;2*11-12H,3-10H2,1-2H3;3*10-11H,3-9H2,1-2H3;2*9-10H,3-8H2,1-2H3;8-9H,3-7H2,1-2H3/t;;;11-;10-,11?;;;;9-;/m...00...0./s1. The van der Waals surface area contributed by atoms with Gasteiger partial charge in [0, 0.05) is 189 Å². The summed E-state index contributed by atoms with van der Waals surface area (Å²) in [6.45, 7) is 86.7. The van der Waals surface area contributed by atoms with Gasteiger partial charge in [-0.1, -0.05) is 75.7 Å². The molecule has 1 aliphatic carbocycles. The van der Waals surface area contributed by atoms with Crippen molar-refractivity contribution in [3.8, 4) is 0 Å². The molecule has 1 saturated carbocycles. The molecule has 20 nitrogen and oxygen atoms in total. The van der Waals surface area contributed by atoms with Crippen molar-refractivity contribution in [1.29, 1.82) is 0 Å². The highest BCUT2D eigenvalue weighted by Gasteiger charge is 2.37. The van der Waals surface area contributed by atoms with Crippen molar-refractivity contribution in [3.05, 3.63) is 0 Å². The fourth-order valence-electron chi connectivity index (χ4n) is 27.1. The SMILES string of the molecule is CC1CCN(CC2CCN(C)C2)CC1.CC1CCN(CC2CCN(C)CC2)CC1.CC1CCN(CC2CN(C)C2)CC1.CC1CN(CC2CCN(C)C2)C1.CC1CN(CC2CCN(C)CC2)C1.CC1CN(CC2CN(C)C2)C1.CCC1CCN(C2CCC(NC)CC2)CC1.C[C@H]1CCN(CC2CCN(C)C2)C1.C[C@H]1CCN(CC2CCN(C)CC2)C1.C[C@H]1CCN(CC2CN(C)C2)C1. The Morgan fingerprint density at radius 3 is 0.647 bits per heavy atom. The van der Waals surface area contributed by atoms with Crippen LogP contribution in [-0.2, 0) is 0 Å². The summed E-state index contributed by atoms with van der Waals surface area (Å²) in [6, 6.07) is 1.70. The van der Waals surface area contributed by atoms with Gasteiger partial charge in [0.05, 0.1) is 0 Å². The summed E-state index contributed by atoms with van der Waals surface area (Å²) in [6.07, 6.45) is 35.4. The minimum absolute atomic E-state index is 0.796. The number of piperidine rings is 7. The van der Waals surface area contributed by atoms with E-state index in [1.807, 2.05) is 0 Å². The van der Waals surface area contributed by atoms with Crippen molar-refractivity contribution in [3.63, 3.8) is 0 Å². The fraction of sp³-hybridized carbons (Fsp3) is 1.00. The Kier molecular flexibility index (Phi) is 50.9. The van der Waals surface area contributed by atoms with E-state index < -0.39 is 0 Å². The second-order valence-electron chi connectivity index (χ2n) is 51.3. The van der Waals surface area contributed by atoms with Crippen LogP contribution in [0.2, 0.25) is 0 Å². The monoisotopic (exact) mass is 1860 g/mol. The van der Waals surface area contributed by atoms with Crippen LogP contribution in [0.5, 0.6) is 0 Å². The fourth-order valence-corrected chi connectivity index (χ4v) is 27.1. The molecule has 0 radical (unpaired) electrons. The van der Waals surface area contributed by atoms with Crippen LogP contribution < -0.4 is 5.32 Å².